The summed E-state index contributed by atoms with van der Waals surface area (Å²) in [6.45, 7) is 0. The maximum Gasteiger partial charge on any atom is 0.143 e. The lowest BCUT2D eigenvalue weighted by Crippen LogP contribution is -2.03. The maximum absolute atomic E-state index is 6.39. The van der Waals surface area contributed by atoms with Crippen molar-refractivity contribution in [2.75, 3.05) is 0 Å². The minimum atomic E-state index is 0.886. The van der Waals surface area contributed by atoms with E-state index in [1.54, 1.807) is 0 Å². The number of benzene rings is 5. The Morgan fingerprint density at radius 2 is 1.42 bits per heavy atom. The van der Waals surface area contributed by atoms with Crippen molar-refractivity contribution in [2.24, 2.45) is 4.99 Å². The molecule has 0 amide bonds. The lowest BCUT2D eigenvalue weighted by atomic mass is 9.91. The summed E-state index contributed by atoms with van der Waals surface area (Å²) in [5.74, 6) is 1.80. The van der Waals surface area contributed by atoms with Crippen LogP contribution in [0.2, 0.25) is 0 Å². The van der Waals surface area contributed by atoms with E-state index in [1.165, 1.54) is 21.7 Å². The van der Waals surface area contributed by atoms with Crippen LogP contribution in [0, 0.1) is 0 Å². The van der Waals surface area contributed by atoms with E-state index in [-0.39, 0.29) is 0 Å². The van der Waals surface area contributed by atoms with Gasteiger partial charge in [0.05, 0.1) is 11.4 Å². The third kappa shape index (κ3) is 2.78. The number of nitrogens with zero attached hydrogens (tertiary/aromatic N) is 1. The fraction of sp³-hybridized carbons (Fsp3) is 0. The second-order valence-electron chi connectivity index (χ2n) is 8.38. The fourth-order valence-electron chi connectivity index (χ4n) is 4.96. The minimum Gasteiger partial charge on any atom is -0.455 e. The van der Waals surface area contributed by atoms with Gasteiger partial charge in [-0.3, -0.25) is 0 Å². The molecule has 5 aromatic rings. The molecule has 2 heteroatoms. The number of para-hydroxylation sites is 1. The van der Waals surface area contributed by atoms with Gasteiger partial charge >= 0.3 is 0 Å². The first-order chi connectivity index (χ1) is 16.4. The number of ether oxygens (including phenoxy) is 1. The number of rotatable bonds is 2. The van der Waals surface area contributed by atoms with Gasteiger partial charge in [-0.25, -0.2) is 4.99 Å². The number of fused-ring (bicyclic) bond motifs is 4. The third-order valence-corrected chi connectivity index (χ3v) is 6.48. The molecule has 7 rings (SSSR count). The maximum atomic E-state index is 6.39. The highest BCUT2D eigenvalue weighted by atomic mass is 16.5. The standard InChI is InChI=1S/C31H19NO/c1-2-11-22-20(8-1)18-19-25-23(24-12-3-4-17-29(24)33-31(22)25)13-7-15-27-26-14-5-9-21-10-6-16-28(32-27)30(21)26/h1-19H/b15-7-,23-13+. The predicted molar refractivity (Wildman–Crippen MR) is 137 cm³/mol. The largest absolute Gasteiger partial charge is 0.455 e. The molecule has 0 saturated heterocycles. The summed E-state index contributed by atoms with van der Waals surface area (Å²) in [4.78, 5) is 4.88. The number of aliphatic imine (C=N–C) groups is 1. The molecule has 0 fully saturated rings. The number of hydrogen-bond acceptors (Lipinski definition) is 2. The molecule has 2 nitrogen and oxygen atoms in total. The summed E-state index contributed by atoms with van der Waals surface area (Å²) in [5.41, 5.74) is 6.60. The zero-order valence-corrected chi connectivity index (χ0v) is 17.8. The van der Waals surface area contributed by atoms with Gasteiger partial charge in [0.15, 0.2) is 0 Å². The van der Waals surface area contributed by atoms with Crippen molar-refractivity contribution in [3.63, 3.8) is 0 Å². The van der Waals surface area contributed by atoms with Gasteiger partial charge in [0.25, 0.3) is 0 Å². The molecule has 0 atom stereocenters. The lowest BCUT2D eigenvalue weighted by Gasteiger charge is -2.24. The normalized spacial score (nSPS) is 15.0. The molecule has 0 saturated carbocycles. The van der Waals surface area contributed by atoms with E-state index in [4.69, 9.17) is 9.73 Å². The van der Waals surface area contributed by atoms with Crippen molar-refractivity contribution < 1.29 is 4.74 Å². The monoisotopic (exact) mass is 421 g/mol. The molecule has 2 aliphatic rings. The Hall–Kier alpha value is -4.43. The molecule has 0 N–H and O–H groups in total. The van der Waals surface area contributed by atoms with Crippen LogP contribution in [0.1, 0.15) is 16.7 Å². The zero-order chi connectivity index (χ0) is 21.8. The van der Waals surface area contributed by atoms with Gasteiger partial charge < -0.3 is 4.74 Å². The van der Waals surface area contributed by atoms with Crippen molar-refractivity contribution in [3.05, 3.63) is 132 Å². The van der Waals surface area contributed by atoms with Crippen LogP contribution >= 0.6 is 0 Å². The van der Waals surface area contributed by atoms with Gasteiger partial charge in [0, 0.05) is 27.5 Å². The van der Waals surface area contributed by atoms with E-state index in [1.807, 2.05) is 12.1 Å². The van der Waals surface area contributed by atoms with Gasteiger partial charge in [-0.15, -0.1) is 0 Å². The Morgan fingerprint density at radius 3 is 2.39 bits per heavy atom. The van der Waals surface area contributed by atoms with Crippen molar-refractivity contribution in [3.8, 4) is 11.5 Å². The Balaban J connectivity index is 1.36. The summed E-state index contributed by atoms with van der Waals surface area (Å²) < 4.78 is 6.39. The molecule has 0 unspecified atom stereocenters. The SMILES string of the molecule is C(=C/C1=Nc2cccc3cccc1c23)/C=C1\c2ccccc2Oc2c1ccc1ccccc21. The smallest absolute Gasteiger partial charge is 0.143 e. The van der Waals surface area contributed by atoms with Gasteiger partial charge in [-0.1, -0.05) is 91.0 Å². The van der Waals surface area contributed by atoms with E-state index >= 15 is 0 Å². The molecule has 33 heavy (non-hydrogen) atoms. The van der Waals surface area contributed by atoms with Crippen LogP contribution in [0.4, 0.5) is 5.69 Å². The second kappa shape index (κ2) is 7.04. The average molecular weight is 421 g/mol. The van der Waals surface area contributed by atoms with E-state index in [0.717, 1.165) is 45.0 Å². The minimum absolute atomic E-state index is 0.886. The van der Waals surface area contributed by atoms with E-state index in [9.17, 15) is 0 Å². The highest BCUT2D eigenvalue weighted by Crippen LogP contribution is 2.46. The number of hydrogen-bond donors (Lipinski definition) is 0. The molecule has 154 valence electrons. The van der Waals surface area contributed by atoms with Gasteiger partial charge in [-0.05, 0) is 40.6 Å². The summed E-state index contributed by atoms with van der Waals surface area (Å²) in [7, 11) is 0. The molecule has 0 radical (unpaired) electrons. The van der Waals surface area contributed by atoms with Crippen LogP contribution in [0.15, 0.2) is 120 Å². The second-order valence-corrected chi connectivity index (χ2v) is 8.38. The molecule has 0 spiro atoms. The van der Waals surface area contributed by atoms with Gasteiger partial charge in [0.1, 0.15) is 11.5 Å². The quantitative estimate of drug-likeness (QED) is 0.276. The molecular weight excluding hydrogens is 402 g/mol. The van der Waals surface area contributed by atoms with Crippen LogP contribution in [0.5, 0.6) is 11.5 Å². The summed E-state index contributed by atoms with van der Waals surface area (Å²) in [6, 6.07) is 33.6. The van der Waals surface area contributed by atoms with E-state index in [2.05, 4.69) is 103 Å². The van der Waals surface area contributed by atoms with Crippen LogP contribution in [0.25, 0.3) is 27.1 Å². The van der Waals surface area contributed by atoms with Crippen molar-refractivity contribution in [2.45, 2.75) is 0 Å². The first kappa shape index (κ1) is 18.2. The van der Waals surface area contributed by atoms with Crippen LogP contribution in [-0.4, -0.2) is 5.71 Å². The predicted octanol–water partition coefficient (Wildman–Crippen LogP) is 8.22. The van der Waals surface area contributed by atoms with E-state index in [0.29, 0.717) is 0 Å². The van der Waals surface area contributed by atoms with Gasteiger partial charge in [0.2, 0.25) is 0 Å². The molecule has 5 aromatic carbocycles. The topological polar surface area (TPSA) is 21.6 Å². The molecule has 0 bridgehead atoms. The average Bonchev–Trinajstić information content (AvgIpc) is 3.23. The third-order valence-electron chi connectivity index (χ3n) is 6.48. The van der Waals surface area contributed by atoms with Crippen LogP contribution < -0.4 is 4.74 Å². The molecule has 2 heterocycles. The highest BCUT2D eigenvalue weighted by Gasteiger charge is 2.23. The lowest BCUT2D eigenvalue weighted by molar-refractivity contribution is 0.480. The first-order valence-corrected chi connectivity index (χ1v) is 11.2. The fourth-order valence-corrected chi connectivity index (χ4v) is 4.96. The van der Waals surface area contributed by atoms with Crippen molar-refractivity contribution in [1.29, 1.82) is 0 Å². The summed E-state index contributed by atoms with van der Waals surface area (Å²) in [5, 5.41) is 4.77. The highest BCUT2D eigenvalue weighted by molar-refractivity contribution is 6.24. The van der Waals surface area contributed by atoms with Crippen molar-refractivity contribution in [1.82, 2.24) is 0 Å². The Morgan fingerprint density at radius 1 is 0.636 bits per heavy atom. The Kier molecular flexibility index (Phi) is 3.88. The Bertz CT molecular complexity index is 1680. The number of allylic oxidation sites excluding steroid dienone is 3. The summed E-state index contributed by atoms with van der Waals surface area (Å²) in [6.07, 6.45) is 6.40. The molecule has 2 aliphatic heterocycles. The Labute approximate surface area is 191 Å². The van der Waals surface area contributed by atoms with Gasteiger partial charge in [-0.2, -0.15) is 0 Å². The molecule has 0 aromatic heterocycles. The van der Waals surface area contributed by atoms with Crippen LogP contribution in [0.3, 0.4) is 0 Å². The molecular formula is C31H19NO. The zero-order valence-electron chi connectivity index (χ0n) is 17.8. The molecule has 0 aliphatic carbocycles. The first-order valence-electron chi connectivity index (χ1n) is 11.2. The summed E-state index contributed by atoms with van der Waals surface area (Å²) >= 11 is 0. The van der Waals surface area contributed by atoms with E-state index < -0.39 is 0 Å². The van der Waals surface area contributed by atoms with Crippen molar-refractivity contribution >= 4 is 38.5 Å². The van der Waals surface area contributed by atoms with Crippen LogP contribution in [-0.2, 0) is 0 Å².